The first-order chi connectivity index (χ1) is 8.24. The standard InChI is InChI=1S/C12H17N3O2/c1-10-3-4-14-12(11(10)9-13)15(5-7-16)6-8-17-2/h3-4,16H,5-8H2,1-2H3. The number of aliphatic hydroxyl groups is 1. The minimum Gasteiger partial charge on any atom is -0.395 e. The zero-order valence-corrected chi connectivity index (χ0v) is 10.2. The van der Waals surface area contributed by atoms with Crippen molar-refractivity contribution in [3.05, 3.63) is 23.4 Å². The van der Waals surface area contributed by atoms with Gasteiger partial charge in [-0.05, 0) is 18.6 Å². The second-order valence-corrected chi connectivity index (χ2v) is 3.64. The van der Waals surface area contributed by atoms with Gasteiger partial charge in [0, 0.05) is 26.4 Å². The summed E-state index contributed by atoms with van der Waals surface area (Å²) in [6.45, 7) is 3.46. The van der Waals surface area contributed by atoms with Crippen LogP contribution in [0, 0.1) is 18.3 Å². The number of nitrogens with zero attached hydrogens (tertiary/aromatic N) is 3. The molecule has 0 atom stereocenters. The SMILES string of the molecule is COCCN(CCO)c1nccc(C)c1C#N. The lowest BCUT2D eigenvalue weighted by atomic mass is 10.1. The van der Waals surface area contributed by atoms with Crippen LogP contribution < -0.4 is 4.90 Å². The number of nitriles is 1. The van der Waals surface area contributed by atoms with E-state index in [1.54, 1.807) is 19.4 Å². The monoisotopic (exact) mass is 235 g/mol. The molecule has 17 heavy (non-hydrogen) atoms. The van der Waals surface area contributed by atoms with Crippen LogP contribution in [0.15, 0.2) is 12.3 Å². The lowest BCUT2D eigenvalue weighted by molar-refractivity contribution is 0.202. The molecule has 0 aromatic carbocycles. The Bertz CT molecular complexity index is 401. The van der Waals surface area contributed by atoms with Crippen LogP contribution in [0.5, 0.6) is 0 Å². The minimum absolute atomic E-state index is 0.0181. The van der Waals surface area contributed by atoms with Gasteiger partial charge in [-0.1, -0.05) is 0 Å². The molecule has 0 aliphatic rings. The lowest BCUT2D eigenvalue weighted by Gasteiger charge is -2.23. The van der Waals surface area contributed by atoms with Crippen molar-refractivity contribution in [1.29, 1.82) is 5.26 Å². The van der Waals surface area contributed by atoms with E-state index in [2.05, 4.69) is 11.1 Å². The first kappa shape index (κ1) is 13.4. The predicted molar refractivity (Wildman–Crippen MR) is 64.9 cm³/mol. The Morgan fingerprint density at radius 3 is 2.88 bits per heavy atom. The molecule has 5 nitrogen and oxygen atoms in total. The molecule has 0 amide bonds. The van der Waals surface area contributed by atoms with Crippen molar-refractivity contribution in [1.82, 2.24) is 4.98 Å². The van der Waals surface area contributed by atoms with Crippen LogP contribution >= 0.6 is 0 Å². The van der Waals surface area contributed by atoms with Gasteiger partial charge in [-0.15, -0.1) is 0 Å². The van der Waals surface area contributed by atoms with Crippen LogP contribution in [-0.4, -0.2) is 43.5 Å². The van der Waals surface area contributed by atoms with Gasteiger partial charge in [0.2, 0.25) is 0 Å². The average Bonchev–Trinajstić information content (AvgIpc) is 2.34. The summed E-state index contributed by atoms with van der Waals surface area (Å²) >= 11 is 0. The molecule has 0 radical (unpaired) electrons. The maximum atomic E-state index is 9.13. The van der Waals surface area contributed by atoms with Gasteiger partial charge in [-0.25, -0.2) is 4.98 Å². The highest BCUT2D eigenvalue weighted by molar-refractivity contribution is 5.57. The summed E-state index contributed by atoms with van der Waals surface area (Å²) in [5.41, 5.74) is 1.44. The molecule has 0 spiro atoms. The van der Waals surface area contributed by atoms with E-state index >= 15 is 0 Å². The van der Waals surface area contributed by atoms with Gasteiger partial charge >= 0.3 is 0 Å². The van der Waals surface area contributed by atoms with E-state index in [-0.39, 0.29) is 6.61 Å². The van der Waals surface area contributed by atoms with Gasteiger partial charge in [0.25, 0.3) is 0 Å². The van der Waals surface area contributed by atoms with Gasteiger partial charge in [-0.3, -0.25) is 0 Å². The second-order valence-electron chi connectivity index (χ2n) is 3.64. The maximum Gasteiger partial charge on any atom is 0.146 e. The molecule has 1 N–H and O–H groups in total. The quantitative estimate of drug-likeness (QED) is 0.786. The molecule has 0 aliphatic heterocycles. The lowest BCUT2D eigenvalue weighted by Crippen LogP contribution is -2.31. The number of hydrogen-bond acceptors (Lipinski definition) is 5. The minimum atomic E-state index is 0.0181. The van der Waals surface area contributed by atoms with Crippen LogP contribution in [0.2, 0.25) is 0 Å². The molecule has 0 saturated carbocycles. The Kier molecular flexibility index (Phi) is 5.40. The number of rotatable bonds is 6. The third-order valence-corrected chi connectivity index (χ3v) is 2.49. The van der Waals surface area contributed by atoms with Gasteiger partial charge in [0.05, 0.1) is 18.8 Å². The summed E-state index contributed by atoms with van der Waals surface area (Å²) in [4.78, 5) is 6.08. The van der Waals surface area contributed by atoms with Crippen molar-refractivity contribution in [3.63, 3.8) is 0 Å². The highest BCUT2D eigenvalue weighted by atomic mass is 16.5. The molecule has 92 valence electrons. The molecule has 1 aromatic heterocycles. The van der Waals surface area contributed by atoms with E-state index in [0.717, 1.165) is 5.56 Å². The number of aliphatic hydroxyl groups excluding tert-OH is 1. The Labute approximate surface area is 101 Å². The largest absolute Gasteiger partial charge is 0.395 e. The molecule has 1 rings (SSSR count). The van der Waals surface area contributed by atoms with Gasteiger partial charge in [0.15, 0.2) is 0 Å². The van der Waals surface area contributed by atoms with Gasteiger partial charge in [0.1, 0.15) is 11.9 Å². The van der Waals surface area contributed by atoms with E-state index < -0.39 is 0 Å². The third kappa shape index (κ3) is 3.41. The van der Waals surface area contributed by atoms with E-state index in [0.29, 0.717) is 31.1 Å². The van der Waals surface area contributed by atoms with Crippen LogP contribution in [0.25, 0.3) is 0 Å². The topological polar surface area (TPSA) is 69.4 Å². The first-order valence-electron chi connectivity index (χ1n) is 5.45. The molecule has 1 aromatic rings. The molecule has 0 unspecified atom stereocenters. The van der Waals surface area contributed by atoms with E-state index in [4.69, 9.17) is 15.1 Å². The number of ether oxygens (including phenoxy) is 1. The van der Waals surface area contributed by atoms with Gasteiger partial charge < -0.3 is 14.7 Å². The summed E-state index contributed by atoms with van der Waals surface area (Å²) in [6.07, 6.45) is 1.67. The summed E-state index contributed by atoms with van der Waals surface area (Å²) in [5, 5.41) is 18.2. The highest BCUT2D eigenvalue weighted by Crippen LogP contribution is 2.19. The number of pyridine rings is 1. The summed E-state index contributed by atoms with van der Waals surface area (Å²) in [6, 6.07) is 3.95. The Balaban J connectivity index is 3.01. The molecule has 5 heteroatoms. The number of methoxy groups -OCH3 is 1. The third-order valence-electron chi connectivity index (χ3n) is 2.49. The van der Waals surface area contributed by atoms with E-state index in [1.807, 2.05) is 11.8 Å². The van der Waals surface area contributed by atoms with Crippen molar-refractivity contribution in [2.75, 3.05) is 38.3 Å². The number of aromatic nitrogens is 1. The molecule has 0 aliphatic carbocycles. The van der Waals surface area contributed by atoms with Crippen LogP contribution in [0.4, 0.5) is 5.82 Å². The van der Waals surface area contributed by atoms with Crippen molar-refractivity contribution < 1.29 is 9.84 Å². The van der Waals surface area contributed by atoms with E-state index in [9.17, 15) is 0 Å². The summed E-state index contributed by atoms with van der Waals surface area (Å²) in [5.74, 6) is 0.610. The molecule has 0 saturated heterocycles. The zero-order chi connectivity index (χ0) is 12.7. The number of hydrogen-bond donors (Lipinski definition) is 1. The van der Waals surface area contributed by atoms with Crippen LogP contribution in [0.1, 0.15) is 11.1 Å². The fourth-order valence-electron chi connectivity index (χ4n) is 1.57. The van der Waals surface area contributed by atoms with Crippen LogP contribution in [0.3, 0.4) is 0 Å². The molecular formula is C12H17N3O2. The predicted octanol–water partition coefficient (Wildman–Crippen LogP) is 0.707. The normalized spacial score (nSPS) is 10.0. The zero-order valence-electron chi connectivity index (χ0n) is 10.2. The molecule has 1 heterocycles. The van der Waals surface area contributed by atoms with Crippen LogP contribution in [-0.2, 0) is 4.74 Å². The van der Waals surface area contributed by atoms with Crippen molar-refractivity contribution in [3.8, 4) is 6.07 Å². The highest BCUT2D eigenvalue weighted by Gasteiger charge is 2.13. The smallest absolute Gasteiger partial charge is 0.146 e. The number of anilines is 1. The molecular weight excluding hydrogens is 218 g/mol. The fraction of sp³-hybridized carbons (Fsp3) is 0.500. The van der Waals surface area contributed by atoms with Crippen molar-refractivity contribution in [2.24, 2.45) is 0 Å². The Morgan fingerprint density at radius 2 is 2.29 bits per heavy atom. The molecule has 0 bridgehead atoms. The molecule has 0 fully saturated rings. The summed E-state index contributed by atoms with van der Waals surface area (Å²) < 4.78 is 5.01. The summed E-state index contributed by atoms with van der Waals surface area (Å²) in [7, 11) is 1.62. The van der Waals surface area contributed by atoms with E-state index in [1.165, 1.54) is 0 Å². The Hall–Kier alpha value is -1.64. The second kappa shape index (κ2) is 6.84. The van der Waals surface area contributed by atoms with Crippen molar-refractivity contribution >= 4 is 5.82 Å². The van der Waals surface area contributed by atoms with Gasteiger partial charge in [-0.2, -0.15) is 5.26 Å². The number of aryl methyl sites for hydroxylation is 1. The average molecular weight is 235 g/mol. The maximum absolute atomic E-state index is 9.13. The fourth-order valence-corrected chi connectivity index (χ4v) is 1.57. The first-order valence-corrected chi connectivity index (χ1v) is 5.45. The Morgan fingerprint density at radius 1 is 1.53 bits per heavy atom. The van der Waals surface area contributed by atoms with Crippen molar-refractivity contribution in [2.45, 2.75) is 6.92 Å².